The highest BCUT2D eigenvalue weighted by atomic mass is 16.7. The molecule has 1 aromatic heterocycles. The van der Waals surface area contributed by atoms with Gasteiger partial charge in [0.25, 0.3) is 5.91 Å². The minimum absolute atomic E-state index is 0.192. The van der Waals surface area contributed by atoms with Gasteiger partial charge in [0, 0.05) is 18.8 Å². The predicted octanol–water partition coefficient (Wildman–Crippen LogP) is 1.39. The van der Waals surface area contributed by atoms with Crippen molar-refractivity contribution in [3.05, 3.63) is 29.6 Å². The number of ether oxygens (including phenoxy) is 1. The van der Waals surface area contributed by atoms with Gasteiger partial charge in [-0.1, -0.05) is 0 Å². The molecule has 0 N–H and O–H groups in total. The summed E-state index contributed by atoms with van der Waals surface area (Å²) >= 11 is 0. The van der Waals surface area contributed by atoms with Crippen LogP contribution in [0.2, 0.25) is 0 Å². The zero-order chi connectivity index (χ0) is 12.3. The highest BCUT2D eigenvalue weighted by Crippen LogP contribution is 2.24. The lowest BCUT2D eigenvalue weighted by atomic mass is 10.2. The standard InChI is InChI=1S/C12H16N2O3/c1-14(16-2)12(15)9-5-6-13-10(7-9)8-17-11-3-4-11/h5-7,11H,3-4,8H2,1-2H3. The molecule has 92 valence electrons. The van der Waals surface area contributed by atoms with Crippen LogP contribution in [-0.2, 0) is 16.2 Å². The molecular formula is C12H16N2O3. The number of amides is 1. The van der Waals surface area contributed by atoms with E-state index in [4.69, 9.17) is 9.57 Å². The van der Waals surface area contributed by atoms with E-state index in [0.717, 1.165) is 18.5 Å². The Bertz CT molecular complexity index is 404. The topological polar surface area (TPSA) is 51.7 Å². The number of pyridine rings is 1. The summed E-state index contributed by atoms with van der Waals surface area (Å²) in [5, 5.41) is 1.18. The molecular weight excluding hydrogens is 220 g/mol. The zero-order valence-electron chi connectivity index (χ0n) is 10.0. The van der Waals surface area contributed by atoms with Crippen LogP contribution in [0.4, 0.5) is 0 Å². The number of carbonyl (C=O) groups is 1. The van der Waals surface area contributed by atoms with Crippen LogP contribution in [0, 0.1) is 0 Å². The zero-order valence-corrected chi connectivity index (χ0v) is 10.0. The van der Waals surface area contributed by atoms with Crippen LogP contribution in [-0.4, -0.2) is 36.2 Å². The Balaban J connectivity index is 2.01. The van der Waals surface area contributed by atoms with Gasteiger partial charge in [-0.25, -0.2) is 5.06 Å². The summed E-state index contributed by atoms with van der Waals surface area (Å²) in [7, 11) is 3.03. The number of hydrogen-bond acceptors (Lipinski definition) is 4. The van der Waals surface area contributed by atoms with Crippen molar-refractivity contribution in [3.8, 4) is 0 Å². The van der Waals surface area contributed by atoms with Gasteiger partial charge in [0.15, 0.2) is 0 Å². The molecule has 0 aliphatic heterocycles. The fourth-order valence-electron chi connectivity index (χ4n) is 1.39. The van der Waals surface area contributed by atoms with E-state index in [1.54, 1.807) is 25.4 Å². The van der Waals surface area contributed by atoms with Gasteiger partial charge >= 0.3 is 0 Å². The molecule has 1 amide bonds. The molecule has 0 bridgehead atoms. The quantitative estimate of drug-likeness (QED) is 0.725. The first-order chi connectivity index (χ1) is 8.20. The fraction of sp³-hybridized carbons (Fsp3) is 0.500. The van der Waals surface area contributed by atoms with Gasteiger partial charge in [0.2, 0.25) is 0 Å². The maximum Gasteiger partial charge on any atom is 0.277 e. The highest BCUT2D eigenvalue weighted by molar-refractivity contribution is 5.93. The summed E-state index contributed by atoms with van der Waals surface area (Å²) < 4.78 is 5.54. The average Bonchev–Trinajstić information content (AvgIpc) is 3.19. The van der Waals surface area contributed by atoms with Crippen molar-refractivity contribution in [2.75, 3.05) is 14.2 Å². The molecule has 1 aliphatic rings. The third-order valence-electron chi connectivity index (χ3n) is 2.61. The number of hydrogen-bond donors (Lipinski definition) is 0. The van der Waals surface area contributed by atoms with Crippen molar-refractivity contribution < 1.29 is 14.4 Å². The molecule has 1 aromatic rings. The highest BCUT2D eigenvalue weighted by Gasteiger charge is 2.22. The molecule has 2 rings (SSSR count). The first-order valence-corrected chi connectivity index (χ1v) is 5.59. The molecule has 0 aromatic carbocycles. The Labute approximate surface area is 100 Å². The summed E-state index contributed by atoms with van der Waals surface area (Å²) in [6.07, 6.45) is 4.26. The van der Waals surface area contributed by atoms with E-state index < -0.39 is 0 Å². The molecule has 0 spiro atoms. The van der Waals surface area contributed by atoms with E-state index in [1.165, 1.54) is 12.2 Å². The Morgan fingerprint density at radius 1 is 1.59 bits per heavy atom. The van der Waals surface area contributed by atoms with Gasteiger partial charge in [0.1, 0.15) is 0 Å². The van der Waals surface area contributed by atoms with Crippen LogP contribution in [0.25, 0.3) is 0 Å². The number of nitrogens with zero attached hydrogens (tertiary/aromatic N) is 2. The molecule has 1 saturated carbocycles. The maximum atomic E-state index is 11.8. The monoisotopic (exact) mass is 236 g/mol. The van der Waals surface area contributed by atoms with E-state index in [9.17, 15) is 4.79 Å². The predicted molar refractivity (Wildman–Crippen MR) is 61.2 cm³/mol. The molecule has 1 aliphatic carbocycles. The second-order valence-corrected chi connectivity index (χ2v) is 4.03. The molecule has 1 fully saturated rings. The van der Waals surface area contributed by atoms with E-state index in [1.807, 2.05) is 0 Å². The molecule has 5 heteroatoms. The molecule has 0 atom stereocenters. The van der Waals surface area contributed by atoms with Crippen molar-refractivity contribution in [3.63, 3.8) is 0 Å². The summed E-state index contributed by atoms with van der Waals surface area (Å²) in [5.41, 5.74) is 1.33. The van der Waals surface area contributed by atoms with Gasteiger partial charge in [0.05, 0.1) is 25.5 Å². The Morgan fingerprint density at radius 2 is 2.35 bits per heavy atom. The van der Waals surface area contributed by atoms with Crippen molar-refractivity contribution in [2.45, 2.75) is 25.6 Å². The summed E-state index contributed by atoms with van der Waals surface area (Å²) in [6, 6.07) is 3.40. The smallest absolute Gasteiger partial charge is 0.277 e. The molecule has 0 saturated heterocycles. The van der Waals surface area contributed by atoms with Gasteiger partial charge < -0.3 is 4.74 Å². The number of rotatable bonds is 5. The van der Waals surface area contributed by atoms with Gasteiger partial charge in [-0.05, 0) is 25.0 Å². The molecule has 0 unspecified atom stereocenters. The van der Waals surface area contributed by atoms with Crippen LogP contribution >= 0.6 is 0 Å². The van der Waals surface area contributed by atoms with Crippen LogP contribution in [0.3, 0.4) is 0 Å². The van der Waals surface area contributed by atoms with E-state index in [0.29, 0.717) is 18.3 Å². The molecule has 17 heavy (non-hydrogen) atoms. The van der Waals surface area contributed by atoms with Gasteiger partial charge in [-0.15, -0.1) is 0 Å². The van der Waals surface area contributed by atoms with Crippen molar-refractivity contribution in [1.82, 2.24) is 10.0 Å². The lowest BCUT2D eigenvalue weighted by molar-refractivity contribution is -0.0757. The Morgan fingerprint density at radius 3 is 3.00 bits per heavy atom. The van der Waals surface area contributed by atoms with Crippen molar-refractivity contribution in [2.24, 2.45) is 0 Å². The van der Waals surface area contributed by atoms with Crippen LogP contribution < -0.4 is 0 Å². The molecule has 0 radical (unpaired) electrons. The normalized spacial score (nSPS) is 14.7. The minimum Gasteiger partial charge on any atom is -0.372 e. The third-order valence-corrected chi connectivity index (χ3v) is 2.61. The average molecular weight is 236 g/mol. The summed E-state index contributed by atoms with van der Waals surface area (Å²) in [5.74, 6) is -0.192. The maximum absolute atomic E-state index is 11.8. The van der Waals surface area contributed by atoms with Crippen LogP contribution in [0.15, 0.2) is 18.3 Å². The van der Waals surface area contributed by atoms with E-state index in [2.05, 4.69) is 4.98 Å². The van der Waals surface area contributed by atoms with Crippen molar-refractivity contribution in [1.29, 1.82) is 0 Å². The van der Waals surface area contributed by atoms with Gasteiger partial charge in [-0.2, -0.15) is 0 Å². The molecule has 5 nitrogen and oxygen atoms in total. The fourth-order valence-corrected chi connectivity index (χ4v) is 1.39. The minimum atomic E-state index is -0.192. The largest absolute Gasteiger partial charge is 0.372 e. The van der Waals surface area contributed by atoms with E-state index in [-0.39, 0.29) is 5.91 Å². The summed E-state index contributed by atoms with van der Waals surface area (Å²) in [6.45, 7) is 0.461. The Kier molecular flexibility index (Phi) is 3.71. The van der Waals surface area contributed by atoms with Crippen LogP contribution in [0.5, 0.6) is 0 Å². The SMILES string of the molecule is CON(C)C(=O)c1ccnc(COC2CC2)c1. The first-order valence-electron chi connectivity index (χ1n) is 5.59. The lowest BCUT2D eigenvalue weighted by Crippen LogP contribution is -2.25. The number of carbonyl (C=O) groups excluding carboxylic acids is 1. The van der Waals surface area contributed by atoms with E-state index >= 15 is 0 Å². The van der Waals surface area contributed by atoms with Gasteiger partial charge in [-0.3, -0.25) is 14.6 Å². The summed E-state index contributed by atoms with van der Waals surface area (Å²) in [4.78, 5) is 20.8. The van der Waals surface area contributed by atoms with Crippen molar-refractivity contribution >= 4 is 5.91 Å². The lowest BCUT2D eigenvalue weighted by Gasteiger charge is -2.13. The number of aromatic nitrogens is 1. The van der Waals surface area contributed by atoms with Crippen LogP contribution in [0.1, 0.15) is 28.9 Å². The second-order valence-electron chi connectivity index (χ2n) is 4.03. The second kappa shape index (κ2) is 5.25. The number of hydroxylamine groups is 2. The Hall–Kier alpha value is -1.46. The first kappa shape index (κ1) is 12.0. The molecule has 1 heterocycles. The third kappa shape index (κ3) is 3.25.